The molecule has 1 aliphatic rings. The Morgan fingerprint density at radius 1 is 1.05 bits per heavy atom. The van der Waals surface area contributed by atoms with Gasteiger partial charge >= 0.3 is 5.97 Å². The molecule has 3 aromatic carbocycles. The lowest BCUT2D eigenvalue weighted by molar-refractivity contribution is -0.129. The predicted octanol–water partition coefficient (Wildman–Crippen LogP) is 5.41. The number of hydrogen-bond donors (Lipinski definition) is 3. The van der Waals surface area contributed by atoms with Crippen LogP contribution < -0.4 is 25.4 Å². The molecule has 6 rings (SSSR count). The molecule has 0 saturated carbocycles. The summed E-state index contributed by atoms with van der Waals surface area (Å²) in [5, 5.41) is 14.3. The van der Waals surface area contributed by atoms with Crippen molar-refractivity contribution >= 4 is 51.6 Å². The molecule has 0 unspecified atom stereocenters. The van der Waals surface area contributed by atoms with Gasteiger partial charge in [-0.1, -0.05) is 6.07 Å². The molecular formula is C31H28FN7O5. The molecule has 224 valence electrons. The monoisotopic (exact) mass is 597 g/mol. The summed E-state index contributed by atoms with van der Waals surface area (Å²) in [6.07, 6.45) is 2.81. The van der Waals surface area contributed by atoms with E-state index in [9.17, 15) is 14.0 Å². The summed E-state index contributed by atoms with van der Waals surface area (Å²) in [7, 11) is 2.86. The number of amides is 1. The molecule has 12 nitrogen and oxygen atoms in total. The number of aromatic nitrogens is 4. The van der Waals surface area contributed by atoms with Crippen molar-refractivity contribution in [3.8, 4) is 11.5 Å². The van der Waals surface area contributed by atoms with Crippen molar-refractivity contribution in [2.75, 3.05) is 30.2 Å². The molecule has 0 radical (unpaired) electrons. The molecule has 0 aliphatic carbocycles. The number of ether oxygens (including phenoxy) is 3. The van der Waals surface area contributed by atoms with Gasteiger partial charge in [-0.05, 0) is 62.4 Å². The summed E-state index contributed by atoms with van der Waals surface area (Å²) in [4.78, 5) is 32.6. The second-order valence-corrected chi connectivity index (χ2v) is 10.5. The molecule has 0 saturated heterocycles. The minimum atomic E-state index is -0.994. The molecule has 13 heteroatoms. The highest BCUT2D eigenvalue weighted by Crippen LogP contribution is 2.36. The molecule has 3 heterocycles. The molecule has 3 N–H and O–H groups in total. The van der Waals surface area contributed by atoms with Crippen molar-refractivity contribution in [1.29, 1.82) is 0 Å². The number of carbonyl (C=O) groups is 2. The third-order valence-corrected chi connectivity index (χ3v) is 7.08. The number of carbonyl (C=O) groups excluding carboxylic acids is 2. The maximum absolute atomic E-state index is 14.7. The highest BCUT2D eigenvalue weighted by atomic mass is 19.1. The number of nitrogens with one attached hydrogen (secondary N) is 3. The summed E-state index contributed by atoms with van der Waals surface area (Å²) in [6.45, 7) is 3.73. The Bertz CT molecular complexity index is 1920. The van der Waals surface area contributed by atoms with Crippen LogP contribution in [0, 0.1) is 5.82 Å². The highest BCUT2D eigenvalue weighted by molar-refractivity contribution is 6.00. The number of rotatable bonds is 8. The van der Waals surface area contributed by atoms with Crippen molar-refractivity contribution in [3.05, 3.63) is 83.9 Å². The summed E-state index contributed by atoms with van der Waals surface area (Å²) in [6, 6.07) is 15.8. The quantitative estimate of drug-likeness (QED) is 0.199. The Balaban J connectivity index is 1.22. The number of fused-ring (bicyclic) bond motifs is 2. The molecular weight excluding hydrogens is 569 g/mol. The van der Waals surface area contributed by atoms with E-state index < -0.39 is 17.4 Å². The van der Waals surface area contributed by atoms with Crippen molar-refractivity contribution in [1.82, 2.24) is 19.7 Å². The zero-order valence-electron chi connectivity index (χ0n) is 24.3. The zero-order valence-corrected chi connectivity index (χ0v) is 24.3. The van der Waals surface area contributed by atoms with E-state index in [1.54, 1.807) is 61.1 Å². The van der Waals surface area contributed by atoms with Gasteiger partial charge in [-0.25, -0.2) is 14.2 Å². The van der Waals surface area contributed by atoms with Gasteiger partial charge in [0.1, 0.15) is 11.5 Å². The first-order chi connectivity index (χ1) is 21.1. The summed E-state index contributed by atoms with van der Waals surface area (Å²) in [5.41, 5.74) is 2.64. The Labute approximate surface area is 251 Å². The van der Waals surface area contributed by atoms with Crippen molar-refractivity contribution in [2.45, 2.75) is 26.0 Å². The fourth-order valence-corrected chi connectivity index (χ4v) is 4.72. The number of nitrogens with zero attached hydrogens (tertiary/aromatic N) is 4. The number of halogens is 1. The van der Waals surface area contributed by atoms with Crippen LogP contribution in [0.4, 0.5) is 33.2 Å². The SMILES string of the molecule is COC(=O)c1ccc(Cn2ncc3ccc(Nc4ncc(F)c(Nc5ccc6c(c5)NC(=O)C(C)(C)O6)n4)cc32)c(OC)c1. The van der Waals surface area contributed by atoms with E-state index in [1.165, 1.54) is 14.2 Å². The lowest BCUT2D eigenvalue weighted by Gasteiger charge is -2.31. The van der Waals surface area contributed by atoms with Crippen molar-refractivity contribution in [3.63, 3.8) is 0 Å². The van der Waals surface area contributed by atoms with E-state index in [1.807, 2.05) is 18.2 Å². The summed E-state index contributed by atoms with van der Waals surface area (Å²) >= 11 is 0. The lowest BCUT2D eigenvalue weighted by atomic mass is 10.1. The predicted molar refractivity (Wildman–Crippen MR) is 162 cm³/mol. The zero-order chi connectivity index (χ0) is 31.0. The van der Waals surface area contributed by atoms with Gasteiger partial charge in [0, 0.05) is 22.3 Å². The van der Waals surface area contributed by atoms with Crippen LogP contribution in [-0.4, -0.2) is 51.4 Å². The molecule has 0 bridgehead atoms. The van der Waals surface area contributed by atoms with Gasteiger partial charge in [0.25, 0.3) is 5.91 Å². The molecule has 1 aliphatic heterocycles. The van der Waals surface area contributed by atoms with Crippen LogP contribution in [0.1, 0.15) is 29.8 Å². The Morgan fingerprint density at radius 3 is 2.64 bits per heavy atom. The fourth-order valence-electron chi connectivity index (χ4n) is 4.72. The molecule has 5 aromatic rings. The largest absolute Gasteiger partial charge is 0.496 e. The third kappa shape index (κ3) is 5.54. The van der Waals surface area contributed by atoms with Gasteiger partial charge in [0.2, 0.25) is 5.95 Å². The number of esters is 1. The lowest BCUT2D eigenvalue weighted by Crippen LogP contribution is -2.45. The van der Waals surface area contributed by atoms with Crippen LogP contribution in [-0.2, 0) is 16.1 Å². The van der Waals surface area contributed by atoms with Crippen LogP contribution >= 0.6 is 0 Å². The van der Waals surface area contributed by atoms with E-state index in [0.29, 0.717) is 40.7 Å². The van der Waals surface area contributed by atoms with Gasteiger partial charge in [0.15, 0.2) is 17.2 Å². The first-order valence-electron chi connectivity index (χ1n) is 13.6. The van der Waals surface area contributed by atoms with Gasteiger partial charge in [-0.15, -0.1) is 0 Å². The first kappa shape index (κ1) is 28.4. The van der Waals surface area contributed by atoms with Crippen LogP contribution in [0.25, 0.3) is 10.9 Å². The Morgan fingerprint density at radius 2 is 1.84 bits per heavy atom. The average Bonchev–Trinajstić information content (AvgIpc) is 3.41. The smallest absolute Gasteiger partial charge is 0.337 e. The van der Waals surface area contributed by atoms with Crippen molar-refractivity contribution < 1.29 is 28.2 Å². The van der Waals surface area contributed by atoms with Gasteiger partial charge in [-0.3, -0.25) is 9.48 Å². The Hall–Kier alpha value is -5.72. The standard InChI is InChI=1S/C31H28FN7O5/c1-31(2)29(41)37-23-12-20(9-10-25(23)44-31)35-27-22(32)15-33-30(38-27)36-21-8-7-18-14-34-39(24(18)13-21)16-19-6-5-17(28(40)43-4)11-26(19)42-3/h5-15H,16H2,1-4H3,(H,37,41)(H2,33,35,36,38). The molecule has 44 heavy (non-hydrogen) atoms. The van der Waals surface area contributed by atoms with Gasteiger partial charge in [-0.2, -0.15) is 10.1 Å². The fraction of sp³-hybridized carbons (Fsp3) is 0.194. The molecule has 0 fully saturated rings. The van der Waals surface area contributed by atoms with Crippen LogP contribution in [0.3, 0.4) is 0 Å². The second-order valence-electron chi connectivity index (χ2n) is 10.5. The number of benzene rings is 3. The van der Waals surface area contributed by atoms with Crippen molar-refractivity contribution in [2.24, 2.45) is 0 Å². The molecule has 1 amide bonds. The van der Waals surface area contributed by atoms with E-state index in [4.69, 9.17) is 14.2 Å². The highest BCUT2D eigenvalue weighted by Gasteiger charge is 2.35. The minimum Gasteiger partial charge on any atom is -0.496 e. The number of methoxy groups -OCH3 is 2. The van der Waals surface area contributed by atoms with E-state index in [-0.39, 0.29) is 17.7 Å². The number of anilines is 5. The van der Waals surface area contributed by atoms with Gasteiger partial charge < -0.3 is 30.2 Å². The maximum atomic E-state index is 14.7. The molecule has 0 atom stereocenters. The average molecular weight is 598 g/mol. The third-order valence-electron chi connectivity index (χ3n) is 7.08. The summed E-state index contributed by atoms with van der Waals surface area (Å²) < 4.78 is 32.6. The van der Waals surface area contributed by atoms with Crippen LogP contribution in [0.2, 0.25) is 0 Å². The molecule has 0 spiro atoms. The Kier molecular flexibility index (Phi) is 7.21. The van der Waals surface area contributed by atoms with E-state index in [2.05, 4.69) is 31.0 Å². The van der Waals surface area contributed by atoms with Crippen LogP contribution in [0.15, 0.2) is 67.0 Å². The maximum Gasteiger partial charge on any atom is 0.337 e. The topological polar surface area (TPSA) is 142 Å². The minimum absolute atomic E-state index is 0.0561. The second kappa shape index (κ2) is 11.2. The number of hydrogen-bond acceptors (Lipinski definition) is 10. The van der Waals surface area contributed by atoms with Gasteiger partial charge in [0.05, 0.1) is 49.9 Å². The van der Waals surface area contributed by atoms with Crippen LogP contribution in [0.5, 0.6) is 11.5 Å². The normalized spacial score (nSPS) is 13.4. The first-order valence-corrected chi connectivity index (χ1v) is 13.6. The summed E-state index contributed by atoms with van der Waals surface area (Å²) in [5.74, 6) is -0.243. The molecule has 2 aromatic heterocycles. The van der Waals surface area contributed by atoms with E-state index >= 15 is 0 Å². The van der Waals surface area contributed by atoms with E-state index in [0.717, 1.165) is 22.7 Å².